The van der Waals surface area contributed by atoms with E-state index in [0.29, 0.717) is 5.92 Å². The summed E-state index contributed by atoms with van der Waals surface area (Å²) < 4.78 is 0. The van der Waals surface area contributed by atoms with Crippen LogP contribution in [0.25, 0.3) is 0 Å². The minimum absolute atomic E-state index is 0.621. The number of hydrogen-bond donors (Lipinski definition) is 0. The highest BCUT2D eigenvalue weighted by molar-refractivity contribution is 5.49. The molecule has 2 aromatic carbocycles. The molecule has 0 amide bonds. The standard InChI is InChI=1S/C17H18/c1-12(2)16-9-5-8-15-10-13-6-3-4-7-14(13)11-17(15)16/h3-9,12H,10-11H2,1-2H3. The number of rotatable bonds is 1. The molecule has 0 saturated heterocycles. The number of fused-ring (bicyclic) bond motifs is 2. The second-order valence-electron chi connectivity index (χ2n) is 5.26. The molecule has 0 saturated carbocycles. The van der Waals surface area contributed by atoms with Crippen LogP contribution < -0.4 is 0 Å². The lowest BCUT2D eigenvalue weighted by Crippen LogP contribution is -2.10. The molecule has 1 aliphatic rings. The van der Waals surface area contributed by atoms with Crippen LogP contribution in [-0.4, -0.2) is 0 Å². The Kier molecular flexibility index (Phi) is 2.51. The highest BCUT2D eigenvalue weighted by Crippen LogP contribution is 2.32. The second kappa shape index (κ2) is 4.03. The van der Waals surface area contributed by atoms with Crippen molar-refractivity contribution >= 4 is 0 Å². The molecule has 0 unspecified atom stereocenters. The van der Waals surface area contributed by atoms with Gasteiger partial charge < -0.3 is 0 Å². The SMILES string of the molecule is CC(C)c1cccc2c1Cc1ccccc1C2. The average Bonchev–Trinajstić information content (AvgIpc) is 2.35. The molecule has 17 heavy (non-hydrogen) atoms. The smallest absolute Gasteiger partial charge is 0.00172 e. The summed E-state index contributed by atoms with van der Waals surface area (Å²) in [6.07, 6.45) is 2.21. The molecule has 0 spiro atoms. The van der Waals surface area contributed by atoms with Crippen molar-refractivity contribution < 1.29 is 0 Å². The van der Waals surface area contributed by atoms with Gasteiger partial charge in [-0.3, -0.25) is 0 Å². The maximum atomic E-state index is 2.29. The molecule has 0 heterocycles. The van der Waals surface area contributed by atoms with Crippen LogP contribution in [0.5, 0.6) is 0 Å². The van der Waals surface area contributed by atoms with Crippen molar-refractivity contribution in [2.24, 2.45) is 0 Å². The minimum Gasteiger partial charge on any atom is -0.0620 e. The highest BCUT2D eigenvalue weighted by atomic mass is 14.2. The second-order valence-corrected chi connectivity index (χ2v) is 5.26. The van der Waals surface area contributed by atoms with Gasteiger partial charge in [0.2, 0.25) is 0 Å². The molecule has 86 valence electrons. The normalized spacial score (nSPS) is 13.4. The fourth-order valence-corrected chi connectivity index (χ4v) is 2.87. The van der Waals surface area contributed by atoms with E-state index in [9.17, 15) is 0 Å². The highest BCUT2D eigenvalue weighted by Gasteiger charge is 2.18. The first-order chi connectivity index (χ1) is 8.25. The molecule has 0 fully saturated rings. The molecule has 1 aliphatic carbocycles. The van der Waals surface area contributed by atoms with Crippen molar-refractivity contribution in [2.75, 3.05) is 0 Å². The van der Waals surface area contributed by atoms with E-state index in [-0.39, 0.29) is 0 Å². The third kappa shape index (κ3) is 1.78. The molecule has 0 nitrogen and oxygen atoms in total. The van der Waals surface area contributed by atoms with Gasteiger partial charge >= 0.3 is 0 Å². The van der Waals surface area contributed by atoms with Crippen LogP contribution in [0.1, 0.15) is 47.6 Å². The molecule has 0 aliphatic heterocycles. The molecular weight excluding hydrogens is 204 g/mol. The van der Waals surface area contributed by atoms with E-state index in [1.54, 1.807) is 5.56 Å². The lowest BCUT2D eigenvalue weighted by molar-refractivity contribution is 0.832. The van der Waals surface area contributed by atoms with Crippen LogP contribution in [0.2, 0.25) is 0 Å². The topological polar surface area (TPSA) is 0 Å². The fraction of sp³-hybridized carbons (Fsp3) is 0.294. The van der Waals surface area contributed by atoms with Gasteiger partial charge in [-0.1, -0.05) is 56.3 Å². The third-order valence-electron chi connectivity index (χ3n) is 3.80. The molecule has 0 bridgehead atoms. The largest absolute Gasteiger partial charge is 0.0620 e. The zero-order chi connectivity index (χ0) is 11.8. The summed E-state index contributed by atoms with van der Waals surface area (Å²) in [5, 5.41) is 0. The van der Waals surface area contributed by atoms with Crippen LogP contribution >= 0.6 is 0 Å². The minimum atomic E-state index is 0.621. The lowest BCUT2D eigenvalue weighted by Gasteiger charge is -2.23. The Morgan fingerprint density at radius 2 is 1.41 bits per heavy atom. The summed E-state index contributed by atoms with van der Waals surface area (Å²) in [5.41, 5.74) is 7.63. The van der Waals surface area contributed by atoms with Crippen LogP contribution in [0.4, 0.5) is 0 Å². The Balaban J connectivity index is 2.12. The quantitative estimate of drug-likeness (QED) is 0.575. The van der Waals surface area contributed by atoms with E-state index in [0.717, 1.165) is 12.8 Å². The maximum Gasteiger partial charge on any atom is -0.00172 e. The van der Waals surface area contributed by atoms with Crippen molar-refractivity contribution in [3.63, 3.8) is 0 Å². The van der Waals surface area contributed by atoms with Crippen LogP contribution in [0, 0.1) is 0 Å². The van der Waals surface area contributed by atoms with E-state index in [1.807, 2.05) is 0 Å². The monoisotopic (exact) mass is 222 g/mol. The third-order valence-corrected chi connectivity index (χ3v) is 3.80. The summed E-state index contributed by atoms with van der Waals surface area (Å²) in [7, 11) is 0. The Morgan fingerprint density at radius 1 is 0.765 bits per heavy atom. The van der Waals surface area contributed by atoms with Gasteiger partial charge in [-0.15, -0.1) is 0 Å². The summed E-state index contributed by atoms with van der Waals surface area (Å²) in [4.78, 5) is 0. The van der Waals surface area contributed by atoms with Gasteiger partial charge in [0.25, 0.3) is 0 Å². The zero-order valence-corrected chi connectivity index (χ0v) is 10.5. The molecule has 0 heteroatoms. The predicted molar refractivity (Wildman–Crippen MR) is 72.6 cm³/mol. The van der Waals surface area contributed by atoms with Crippen molar-refractivity contribution in [3.05, 3.63) is 70.3 Å². The molecule has 0 radical (unpaired) electrons. The van der Waals surface area contributed by atoms with Gasteiger partial charge in [-0.05, 0) is 46.6 Å². The average molecular weight is 222 g/mol. The van der Waals surface area contributed by atoms with E-state index < -0.39 is 0 Å². The van der Waals surface area contributed by atoms with Gasteiger partial charge in [-0.2, -0.15) is 0 Å². The van der Waals surface area contributed by atoms with Gasteiger partial charge in [0.1, 0.15) is 0 Å². The lowest BCUT2D eigenvalue weighted by atomic mass is 9.81. The van der Waals surface area contributed by atoms with Crippen LogP contribution in [0.3, 0.4) is 0 Å². The molecule has 2 aromatic rings. The number of benzene rings is 2. The van der Waals surface area contributed by atoms with E-state index in [4.69, 9.17) is 0 Å². The summed E-state index contributed by atoms with van der Waals surface area (Å²) in [5.74, 6) is 0.621. The summed E-state index contributed by atoms with van der Waals surface area (Å²) in [6, 6.07) is 15.6. The maximum absolute atomic E-state index is 2.29. The predicted octanol–water partition coefficient (Wildman–Crippen LogP) is 4.31. The van der Waals surface area contributed by atoms with E-state index >= 15 is 0 Å². The Bertz CT molecular complexity index is 550. The first-order valence-corrected chi connectivity index (χ1v) is 6.43. The van der Waals surface area contributed by atoms with Gasteiger partial charge in [0.05, 0.1) is 0 Å². The Morgan fingerprint density at radius 3 is 2.12 bits per heavy atom. The molecule has 0 atom stereocenters. The van der Waals surface area contributed by atoms with Crippen LogP contribution in [-0.2, 0) is 12.8 Å². The Labute approximate surface area is 103 Å². The van der Waals surface area contributed by atoms with Crippen LogP contribution in [0.15, 0.2) is 42.5 Å². The summed E-state index contributed by atoms with van der Waals surface area (Å²) in [6.45, 7) is 4.58. The summed E-state index contributed by atoms with van der Waals surface area (Å²) >= 11 is 0. The molecule has 3 rings (SSSR count). The van der Waals surface area contributed by atoms with Crippen molar-refractivity contribution in [2.45, 2.75) is 32.6 Å². The molecule has 0 aromatic heterocycles. The van der Waals surface area contributed by atoms with Crippen molar-refractivity contribution in [3.8, 4) is 0 Å². The molecular formula is C17H18. The van der Waals surface area contributed by atoms with Gasteiger partial charge in [-0.25, -0.2) is 0 Å². The van der Waals surface area contributed by atoms with E-state index in [2.05, 4.69) is 56.3 Å². The van der Waals surface area contributed by atoms with Gasteiger partial charge in [0, 0.05) is 0 Å². The number of hydrogen-bond acceptors (Lipinski definition) is 0. The fourth-order valence-electron chi connectivity index (χ4n) is 2.87. The Hall–Kier alpha value is -1.56. The van der Waals surface area contributed by atoms with Gasteiger partial charge in [0.15, 0.2) is 0 Å². The molecule has 0 N–H and O–H groups in total. The first-order valence-electron chi connectivity index (χ1n) is 6.43. The van der Waals surface area contributed by atoms with Crippen molar-refractivity contribution in [1.29, 1.82) is 0 Å². The van der Waals surface area contributed by atoms with Crippen molar-refractivity contribution in [1.82, 2.24) is 0 Å². The first kappa shape index (κ1) is 10.6. The zero-order valence-electron chi connectivity index (χ0n) is 10.5. The van der Waals surface area contributed by atoms with E-state index in [1.165, 1.54) is 22.3 Å².